The first-order valence-corrected chi connectivity index (χ1v) is 9.86. The number of halogens is 3. The Labute approximate surface area is 172 Å². The summed E-state index contributed by atoms with van der Waals surface area (Å²) in [6.45, 7) is 0. The summed E-state index contributed by atoms with van der Waals surface area (Å²) in [6.07, 6.45) is 9.35. The number of benzene rings is 2. The van der Waals surface area contributed by atoms with Crippen molar-refractivity contribution >= 4 is 5.57 Å². The maximum atomic E-state index is 13.2. The van der Waals surface area contributed by atoms with Gasteiger partial charge in [0.25, 0.3) is 0 Å². The predicted octanol–water partition coefficient (Wildman–Crippen LogP) is 6.44. The van der Waals surface area contributed by atoms with Crippen molar-refractivity contribution in [2.75, 3.05) is 0 Å². The molecule has 2 aliphatic carbocycles. The van der Waals surface area contributed by atoms with Crippen LogP contribution in [0.4, 0.5) is 13.2 Å². The van der Waals surface area contributed by atoms with Crippen LogP contribution < -0.4 is 0 Å². The molecule has 1 aromatic heterocycles. The Balaban J connectivity index is 1.80. The van der Waals surface area contributed by atoms with Crippen LogP contribution in [0.2, 0.25) is 0 Å². The van der Waals surface area contributed by atoms with Crippen LogP contribution in [0.15, 0.2) is 90.8 Å². The molecule has 150 valence electrons. The molecule has 1 atom stereocenters. The monoisotopic (exact) mass is 404 g/mol. The highest BCUT2D eigenvalue weighted by Gasteiger charge is 2.40. The van der Waals surface area contributed by atoms with Crippen LogP contribution in [0.5, 0.6) is 0 Å². The molecule has 2 nitrogen and oxygen atoms in total. The molecule has 0 aliphatic heterocycles. The van der Waals surface area contributed by atoms with Gasteiger partial charge in [0.1, 0.15) is 5.82 Å². The fourth-order valence-corrected chi connectivity index (χ4v) is 4.52. The van der Waals surface area contributed by atoms with Crippen molar-refractivity contribution in [2.45, 2.75) is 24.4 Å². The fraction of sp³-hybridized carbons (Fsp3) is 0.160. The van der Waals surface area contributed by atoms with Gasteiger partial charge in [0, 0.05) is 12.4 Å². The molecular formula is C25H19F3N2. The van der Waals surface area contributed by atoms with Gasteiger partial charge < -0.3 is 4.98 Å². The highest BCUT2D eigenvalue weighted by atomic mass is 19.4. The van der Waals surface area contributed by atoms with Gasteiger partial charge in [-0.15, -0.1) is 0 Å². The van der Waals surface area contributed by atoms with Crippen molar-refractivity contribution in [1.29, 1.82) is 0 Å². The van der Waals surface area contributed by atoms with E-state index in [1.807, 2.05) is 18.2 Å². The van der Waals surface area contributed by atoms with Crippen LogP contribution in [0.3, 0.4) is 0 Å². The van der Waals surface area contributed by atoms with Gasteiger partial charge in [-0.2, -0.15) is 13.2 Å². The molecular weight excluding hydrogens is 385 g/mol. The number of hydrogen-bond donors (Lipinski definition) is 1. The van der Waals surface area contributed by atoms with Crippen LogP contribution in [-0.2, 0) is 11.6 Å². The van der Waals surface area contributed by atoms with Crippen LogP contribution in [0, 0.1) is 0 Å². The molecule has 3 aromatic rings. The van der Waals surface area contributed by atoms with Gasteiger partial charge in [-0.05, 0) is 52.8 Å². The van der Waals surface area contributed by atoms with Crippen molar-refractivity contribution in [1.82, 2.24) is 9.97 Å². The van der Waals surface area contributed by atoms with Crippen LogP contribution in [0.1, 0.15) is 40.9 Å². The summed E-state index contributed by atoms with van der Waals surface area (Å²) < 4.78 is 39.6. The Morgan fingerprint density at radius 3 is 2.50 bits per heavy atom. The lowest BCUT2D eigenvalue weighted by Gasteiger charge is -2.32. The number of nitrogens with zero attached hydrogens (tertiary/aromatic N) is 1. The average Bonchev–Trinajstić information content (AvgIpc) is 3.25. The van der Waals surface area contributed by atoms with Gasteiger partial charge in [-0.3, -0.25) is 0 Å². The molecule has 30 heavy (non-hydrogen) atoms. The van der Waals surface area contributed by atoms with E-state index in [1.54, 1.807) is 24.5 Å². The number of fused-ring (bicyclic) bond motifs is 2. The quantitative estimate of drug-likeness (QED) is 0.523. The second-order valence-corrected chi connectivity index (χ2v) is 7.57. The van der Waals surface area contributed by atoms with E-state index in [0.717, 1.165) is 47.2 Å². The standard InChI is InChI=1S/C25H19F3N2/c26-25(27,28)19-11-9-18(10-12-19)24(23-29-15-16-30-23)14-13-17-5-1-2-6-20(17)21-7-3-4-8-22(21)24/h1,3-5,7-16H,2,6H2,(H,29,30). The Morgan fingerprint density at radius 2 is 1.77 bits per heavy atom. The molecule has 0 saturated heterocycles. The molecule has 0 radical (unpaired) electrons. The van der Waals surface area contributed by atoms with E-state index < -0.39 is 17.2 Å². The molecule has 5 rings (SSSR count). The lowest BCUT2D eigenvalue weighted by Crippen LogP contribution is -2.29. The average molecular weight is 404 g/mol. The summed E-state index contributed by atoms with van der Waals surface area (Å²) in [5.41, 5.74) is 3.76. The van der Waals surface area contributed by atoms with E-state index in [1.165, 1.54) is 5.57 Å². The number of nitrogens with one attached hydrogen (secondary N) is 1. The topological polar surface area (TPSA) is 28.7 Å². The number of alkyl halides is 3. The second kappa shape index (κ2) is 6.87. The predicted molar refractivity (Wildman–Crippen MR) is 111 cm³/mol. The second-order valence-electron chi connectivity index (χ2n) is 7.57. The number of allylic oxidation sites excluding steroid dienone is 6. The van der Waals surface area contributed by atoms with Gasteiger partial charge in [-0.1, -0.05) is 60.7 Å². The number of aromatic nitrogens is 2. The highest BCUT2D eigenvalue weighted by molar-refractivity contribution is 5.80. The number of rotatable bonds is 2. The molecule has 0 saturated carbocycles. The third-order valence-corrected chi connectivity index (χ3v) is 5.94. The lowest BCUT2D eigenvalue weighted by atomic mass is 9.71. The van der Waals surface area contributed by atoms with Crippen LogP contribution in [0.25, 0.3) is 5.57 Å². The maximum absolute atomic E-state index is 13.2. The normalized spacial score (nSPS) is 20.6. The molecule has 1 N–H and O–H groups in total. The maximum Gasteiger partial charge on any atom is 0.416 e. The van der Waals surface area contributed by atoms with Gasteiger partial charge >= 0.3 is 6.18 Å². The summed E-state index contributed by atoms with van der Waals surface area (Å²) >= 11 is 0. The van der Waals surface area contributed by atoms with E-state index in [-0.39, 0.29) is 0 Å². The highest BCUT2D eigenvalue weighted by Crippen LogP contribution is 2.47. The first kappa shape index (κ1) is 18.7. The molecule has 2 aliphatic rings. The zero-order chi connectivity index (χ0) is 20.8. The minimum absolute atomic E-state index is 0.660. The van der Waals surface area contributed by atoms with Crippen LogP contribution in [-0.4, -0.2) is 9.97 Å². The Morgan fingerprint density at radius 1 is 0.967 bits per heavy atom. The SMILES string of the molecule is FC(F)(F)c1ccc(C2(c3ncc[nH]3)C=CC3=C(CCC=C3)c3ccccc32)cc1. The van der Waals surface area contributed by atoms with E-state index in [2.05, 4.69) is 40.3 Å². The minimum atomic E-state index is -4.38. The molecule has 2 aromatic carbocycles. The van der Waals surface area contributed by atoms with Crippen molar-refractivity contribution in [3.8, 4) is 0 Å². The third kappa shape index (κ3) is 2.84. The first-order valence-electron chi connectivity index (χ1n) is 9.86. The summed E-state index contributed by atoms with van der Waals surface area (Å²) in [7, 11) is 0. The first-order chi connectivity index (χ1) is 14.5. The number of hydrogen-bond acceptors (Lipinski definition) is 1. The van der Waals surface area contributed by atoms with E-state index in [4.69, 9.17) is 0 Å². The Kier molecular flexibility index (Phi) is 4.28. The minimum Gasteiger partial charge on any atom is -0.347 e. The van der Waals surface area contributed by atoms with Gasteiger partial charge in [0.15, 0.2) is 0 Å². The molecule has 0 fully saturated rings. The molecule has 0 amide bonds. The van der Waals surface area contributed by atoms with Gasteiger partial charge in [0.05, 0.1) is 11.0 Å². The van der Waals surface area contributed by atoms with Crippen molar-refractivity contribution < 1.29 is 13.2 Å². The number of H-pyrrole nitrogens is 1. The van der Waals surface area contributed by atoms with Crippen molar-refractivity contribution in [3.05, 3.63) is 119 Å². The zero-order valence-corrected chi connectivity index (χ0v) is 16.1. The molecule has 0 spiro atoms. The third-order valence-electron chi connectivity index (χ3n) is 5.94. The van der Waals surface area contributed by atoms with Gasteiger partial charge in [-0.25, -0.2) is 4.98 Å². The zero-order valence-electron chi connectivity index (χ0n) is 16.1. The van der Waals surface area contributed by atoms with Crippen molar-refractivity contribution in [2.24, 2.45) is 0 Å². The summed E-state index contributed by atoms with van der Waals surface area (Å²) in [4.78, 5) is 7.77. The number of imidazole rings is 1. The summed E-state index contributed by atoms with van der Waals surface area (Å²) in [5, 5.41) is 0. The Hall–Kier alpha value is -3.34. The molecule has 1 heterocycles. The van der Waals surface area contributed by atoms with E-state index in [0.29, 0.717) is 5.82 Å². The lowest BCUT2D eigenvalue weighted by molar-refractivity contribution is -0.137. The molecule has 1 unspecified atom stereocenters. The van der Waals surface area contributed by atoms with Crippen molar-refractivity contribution in [3.63, 3.8) is 0 Å². The van der Waals surface area contributed by atoms with E-state index in [9.17, 15) is 13.2 Å². The van der Waals surface area contributed by atoms with Crippen LogP contribution >= 0.6 is 0 Å². The number of aromatic amines is 1. The molecule has 0 bridgehead atoms. The van der Waals surface area contributed by atoms with E-state index >= 15 is 0 Å². The summed E-state index contributed by atoms with van der Waals surface area (Å²) in [6, 6.07) is 13.5. The summed E-state index contributed by atoms with van der Waals surface area (Å²) in [5.74, 6) is 0.676. The van der Waals surface area contributed by atoms with Gasteiger partial charge in [0.2, 0.25) is 0 Å². The fourth-order valence-electron chi connectivity index (χ4n) is 4.52. The molecule has 5 heteroatoms. The Bertz CT molecular complexity index is 1170. The largest absolute Gasteiger partial charge is 0.416 e. The smallest absolute Gasteiger partial charge is 0.347 e.